The monoisotopic (exact) mass is 218 g/mol. The Morgan fingerprint density at radius 1 is 1.56 bits per heavy atom. The van der Waals surface area contributed by atoms with Gasteiger partial charge >= 0.3 is 0 Å². The van der Waals surface area contributed by atoms with Crippen LogP contribution in [0.1, 0.15) is 11.1 Å². The highest BCUT2D eigenvalue weighted by molar-refractivity contribution is 5.66. The van der Waals surface area contributed by atoms with Gasteiger partial charge in [-0.1, -0.05) is 0 Å². The topological polar surface area (TPSA) is 83.1 Å². The van der Waals surface area contributed by atoms with Crippen molar-refractivity contribution in [3.05, 3.63) is 39.8 Å². The minimum absolute atomic E-state index is 0.169. The van der Waals surface area contributed by atoms with E-state index in [1.807, 2.05) is 6.07 Å². The third-order valence-electron chi connectivity index (χ3n) is 1.82. The van der Waals surface area contributed by atoms with Crippen molar-refractivity contribution < 1.29 is 4.92 Å². The highest BCUT2D eigenvalue weighted by Gasteiger charge is 2.15. The van der Waals surface area contributed by atoms with Gasteiger partial charge in [0.1, 0.15) is 12.3 Å². The van der Waals surface area contributed by atoms with Crippen molar-refractivity contribution in [1.29, 1.82) is 5.26 Å². The predicted octanol–water partition coefficient (Wildman–Crippen LogP) is 1.39. The lowest BCUT2D eigenvalue weighted by Gasteiger charge is -2.04. The number of nitrogens with zero attached hydrogens (tertiary/aromatic N) is 4. The summed E-state index contributed by atoms with van der Waals surface area (Å²) in [5.74, 6) is 0. The van der Waals surface area contributed by atoms with Gasteiger partial charge in [0, 0.05) is 20.3 Å². The summed E-state index contributed by atoms with van der Waals surface area (Å²) in [6.45, 7) is 0. The average Bonchev–Trinajstić information content (AvgIpc) is 2.25. The summed E-state index contributed by atoms with van der Waals surface area (Å²) in [5, 5.41) is 19.6. The Hall–Kier alpha value is -2.42. The summed E-state index contributed by atoms with van der Waals surface area (Å²) >= 11 is 0. The molecule has 0 N–H and O–H groups in total. The van der Waals surface area contributed by atoms with E-state index in [2.05, 4.69) is 4.98 Å². The Labute approximate surface area is 92.6 Å². The fourth-order valence-corrected chi connectivity index (χ4v) is 1.09. The van der Waals surface area contributed by atoms with Gasteiger partial charge in [-0.3, -0.25) is 15.1 Å². The molecule has 1 aromatic heterocycles. The summed E-state index contributed by atoms with van der Waals surface area (Å²) in [7, 11) is 3.57. The second-order valence-electron chi connectivity index (χ2n) is 3.27. The molecule has 0 amide bonds. The molecule has 0 aliphatic rings. The van der Waals surface area contributed by atoms with Crippen molar-refractivity contribution in [2.24, 2.45) is 0 Å². The number of pyridine rings is 1. The van der Waals surface area contributed by atoms with Gasteiger partial charge in [0.2, 0.25) is 0 Å². The predicted molar refractivity (Wildman–Crippen MR) is 58.3 cm³/mol. The van der Waals surface area contributed by atoms with E-state index in [9.17, 15) is 10.1 Å². The van der Waals surface area contributed by atoms with Crippen molar-refractivity contribution in [2.45, 2.75) is 0 Å². The molecule has 0 aromatic carbocycles. The van der Waals surface area contributed by atoms with E-state index >= 15 is 0 Å². The Bertz CT molecular complexity index is 474. The van der Waals surface area contributed by atoms with Crippen LogP contribution in [0.2, 0.25) is 0 Å². The van der Waals surface area contributed by atoms with Crippen LogP contribution in [0.4, 0.5) is 5.69 Å². The van der Waals surface area contributed by atoms with E-state index in [0.717, 1.165) is 6.20 Å². The molecule has 82 valence electrons. The zero-order valence-electron chi connectivity index (χ0n) is 8.91. The van der Waals surface area contributed by atoms with Gasteiger partial charge in [-0.05, 0) is 12.3 Å². The Morgan fingerprint density at radius 2 is 2.25 bits per heavy atom. The zero-order valence-corrected chi connectivity index (χ0v) is 8.91. The first kappa shape index (κ1) is 11.7. The zero-order chi connectivity index (χ0) is 12.1. The normalized spacial score (nSPS) is 10.1. The van der Waals surface area contributed by atoms with Crippen molar-refractivity contribution in [1.82, 2.24) is 9.88 Å². The van der Waals surface area contributed by atoms with Gasteiger partial charge in [-0.25, -0.2) is 0 Å². The lowest BCUT2D eigenvalue weighted by molar-refractivity contribution is -0.385. The molecule has 0 aliphatic heterocycles. The first-order chi connectivity index (χ1) is 7.56. The second kappa shape index (κ2) is 4.89. The Balaban J connectivity index is 3.32. The summed E-state index contributed by atoms with van der Waals surface area (Å²) in [6.07, 6.45) is 5.61. The summed E-state index contributed by atoms with van der Waals surface area (Å²) in [4.78, 5) is 15.6. The van der Waals surface area contributed by atoms with Crippen LogP contribution >= 0.6 is 0 Å². The van der Waals surface area contributed by atoms with Crippen molar-refractivity contribution in [3.63, 3.8) is 0 Å². The van der Waals surface area contributed by atoms with Crippen LogP contribution in [0.15, 0.2) is 18.6 Å². The molecule has 6 heteroatoms. The molecule has 16 heavy (non-hydrogen) atoms. The van der Waals surface area contributed by atoms with Crippen LogP contribution < -0.4 is 0 Å². The molecule has 1 rings (SSSR count). The van der Waals surface area contributed by atoms with Crippen molar-refractivity contribution in [3.8, 4) is 6.07 Å². The van der Waals surface area contributed by atoms with Crippen LogP contribution in [0, 0.1) is 21.4 Å². The van der Waals surface area contributed by atoms with Crippen molar-refractivity contribution >= 4 is 11.8 Å². The highest BCUT2D eigenvalue weighted by Crippen LogP contribution is 2.21. The van der Waals surface area contributed by atoms with Crippen LogP contribution in [-0.4, -0.2) is 28.9 Å². The second-order valence-corrected chi connectivity index (χ2v) is 3.27. The van der Waals surface area contributed by atoms with Crippen LogP contribution in [0.5, 0.6) is 0 Å². The molecule has 0 spiro atoms. The third kappa shape index (κ3) is 2.54. The van der Waals surface area contributed by atoms with E-state index in [1.165, 1.54) is 12.3 Å². The standard InChI is InChI=1S/C10H10N4O2/c1-13(2)4-3-9-8(5-11)6-12-7-10(9)14(15)16/h3-4,6-7H,1-2H3/b4-3+. The van der Waals surface area contributed by atoms with Gasteiger partial charge in [0.15, 0.2) is 0 Å². The molecule has 0 bridgehead atoms. The number of hydrogen-bond donors (Lipinski definition) is 0. The van der Waals surface area contributed by atoms with E-state index in [0.29, 0.717) is 0 Å². The summed E-state index contributed by atoms with van der Waals surface area (Å²) < 4.78 is 0. The lowest BCUT2D eigenvalue weighted by atomic mass is 10.1. The van der Waals surface area contributed by atoms with Gasteiger partial charge in [-0.15, -0.1) is 0 Å². The number of rotatable bonds is 3. The molecular formula is C10H10N4O2. The lowest BCUT2D eigenvalue weighted by Crippen LogP contribution is -2.01. The molecular weight excluding hydrogens is 208 g/mol. The van der Waals surface area contributed by atoms with Crippen LogP contribution in [0.3, 0.4) is 0 Å². The van der Waals surface area contributed by atoms with Gasteiger partial charge in [-0.2, -0.15) is 5.26 Å². The van der Waals surface area contributed by atoms with Crippen molar-refractivity contribution in [2.75, 3.05) is 14.1 Å². The average molecular weight is 218 g/mol. The number of nitriles is 1. The fourth-order valence-electron chi connectivity index (χ4n) is 1.09. The maximum atomic E-state index is 10.7. The number of hydrogen-bond acceptors (Lipinski definition) is 5. The third-order valence-corrected chi connectivity index (χ3v) is 1.82. The Kier molecular flexibility index (Phi) is 3.56. The molecule has 0 saturated carbocycles. The first-order valence-corrected chi connectivity index (χ1v) is 4.43. The molecule has 0 atom stereocenters. The highest BCUT2D eigenvalue weighted by atomic mass is 16.6. The molecule has 6 nitrogen and oxygen atoms in total. The minimum atomic E-state index is -0.552. The maximum absolute atomic E-state index is 10.7. The molecule has 1 aromatic rings. The number of aromatic nitrogens is 1. The molecule has 1 heterocycles. The largest absolute Gasteiger partial charge is 0.383 e. The summed E-state index contributed by atoms with van der Waals surface area (Å²) in [5.41, 5.74) is 0.292. The first-order valence-electron chi connectivity index (χ1n) is 4.43. The Morgan fingerprint density at radius 3 is 2.75 bits per heavy atom. The van der Waals surface area contributed by atoms with E-state index in [4.69, 9.17) is 5.26 Å². The molecule has 0 aliphatic carbocycles. The quantitative estimate of drug-likeness (QED) is 0.565. The van der Waals surface area contributed by atoms with Gasteiger partial charge < -0.3 is 4.90 Å². The van der Waals surface area contributed by atoms with E-state index in [1.54, 1.807) is 25.2 Å². The fraction of sp³-hybridized carbons (Fsp3) is 0.200. The maximum Gasteiger partial charge on any atom is 0.296 e. The molecule has 0 radical (unpaired) electrons. The smallest absolute Gasteiger partial charge is 0.296 e. The molecule has 0 fully saturated rings. The van der Waals surface area contributed by atoms with Gasteiger partial charge in [0.25, 0.3) is 5.69 Å². The minimum Gasteiger partial charge on any atom is -0.383 e. The van der Waals surface area contributed by atoms with Crippen LogP contribution in [0.25, 0.3) is 6.08 Å². The van der Waals surface area contributed by atoms with E-state index in [-0.39, 0.29) is 16.8 Å². The SMILES string of the molecule is CN(C)/C=C/c1c(C#N)cncc1[N+](=O)[O-]. The van der Waals surface area contributed by atoms with E-state index < -0.39 is 4.92 Å². The molecule has 0 unspecified atom stereocenters. The molecule has 0 saturated heterocycles. The van der Waals surface area contributed by atoms with Gasteiger partial charge in [0.05, 0.1) is 16.1 Å². The number of nitro groups is 1. The van der Waals surface area contributed by atoms with Crippen LogP contribution in [-0.2, 0) is 0 Å². The summed E-state index contributed by atoms with van der Waals surface area (Å²) in [6, 6.07) is 1.88.